The fourth-order valence-electron chi connectivity index (χ4n) is 4.17. The van der Waals surface area contributed by atoms with Gasteiger partial charge in [0.15, 0.2) is 0 Å². The number of para-hydroxylation sites is 1. The maximum atomic E-state index is 12.3. The molecule has 1 aliphatic carbocycles. The van der Waals surface area contributed by atoms with E-state index in [0.29, 0.717) is 18.5 Å². The van der Waals surface area contributed by atoms with E-state index < -0.39 is 0 Å². The van der Waals surface area contributed by atoms with Crippen LogP contribution in [0.2, 0.25) is 0 Å². The van der Waals surface area contributed by atoms with E-state index in [9.17, 15) is 4.79 Å². The maximum absolute atomic E-state index is 12.3. The molecule has 0 saturated heterocycles. The van der Waals surface area contributed by atoms with Gasteiger partial charge in [0.2, 0.25) is 5.91 Å². The standard InChI is InChI=1S/C22H25N3O/c1-16-4-2-6-18-11-13-25(22(16)18)20-9-7-19(8-10-20)24-21(26)14-17-5-3-12-23-15-17/h2-6,11-13,15,19-20H,7-10,14H2,1H3,(H,24,26). The number of rotatable bonds is 4. The van der Waals surface area contributed by atoms with Crippen LogP contribution in [0.3, 0.4) is 0 Å². The van der Waals surface area contributed by atoms with E-state index in [0.717, 1.165) is 31.2 Å². The van der Waals surface area contributed by atoms with E-state index in [1.807, 2.05) is 12.1 Å². The van der Waals surface area contributed by atoms with Crippen molar-refractivity contribution in [3.8, 4) is 0 Å². The molecule has 2 aromatic heterocycles. The third kappa shape index (κ3) is 3.50. The van der Waals surface area contributed by atoms with Gasteiger partial charge in [0.05, 0.1) is 11.9 Å². The summed E-state index contributed by atoms with van der Waals surface area (Å²) in [5.41, 5.74) is 3.66. The van der Waals surface area contributed by atoms with Crippen LogP contribution in [0.1, 0.15) is 42.9 Å². The molecule has 0 unspecified atom stereocenters. The number of nitrogens with zero attached hydrogens (tertiary/aromatic N) is 2. The zero-order valence-electron chi connectivity index (χ0n) is 15.2. The number of carbonyl (C=O) groups is 1. The highest BCUT2D eigenvalue weighted by molar-refractivity contribution is 5.83. The van der Waals surface area contributed by atoms with Crippen molar-refractivity contribution in [1.29, 1.82) is 0 Å². The lowest BCUT2D eigenvalue weighted by molar-refractivity contribution is -0.121. The van der Waals surface area contributed by atoms with Crippen molar-refractivity contribution in [2.24, 2.45) is 0 Å². The van der Waals surface area contributed by atoms with Crippen molar-refractivity contribution < 1.29 is 4.79 Å². The molecular weight excluding hydrogens is 322 g/mol. The Balaban J connectivity index is 1.36. The second-order valence-corrected chi connectivity index (χ2v) is 7.35. The van der Waals surface area contributed by atoms with Crippen LogP contribution in [-0.2, 0) is 11.2 Å². The quantitative estimate of drug-likeness (QED) is 0.769. The predicted octanol–water partition coefficient (Wildman–Crippen LogP) is 4.19. The number of aryl methyl sites for hydroxylation is 1. The molecule has 1 saturated carbocycles. The molecule has 2 heterocycles. The number of nitrogens with one attached hydrogen (secondary N) is 1. The van der Waals surface area contributed by atoms with Crippen molar-refractivity contribution in [2.75, 3.05) is 0 Å². The maximum Gasteiger partial charge on any atom is 0.224 e. The van der Waals surface area contributed by atoms with Crippen LogP contribution < -0.4 is 5.32 Å². The Morgan fingerprint density at radius 3 is 2.77 bits per heavy atom. The Morgan fingerprint density at radius 1 is 1.15 bits per heavy atom. The fourth-order valence-corrected chi connectivity index (χ4v) is 4.17. The third-order valence-electron chi connectivity index (χ3n) is 5.48. The first-order valence-electron chi connectivity index (χ1n) is 9.45. The number of amides is 1. The minimum atomic E-state index is 0.101. The summed E-state index contributed by atoms with van der Waals surface area (Å²) in [6, 6.07) is 13.3. The molecule has 4 heteroatoms. The zero-order chi connectivity index (χ0) is 17.9. The predicted molar refractivity (Wildman–Crippen MR) is 104 cm³/mol. The van der Waals surface area contributed by atoms with Gasteiger partial charge in [0.1, 0.15) is 0 Å². The van der Waals surface area contributed by atoms with Crippen molar-refractivity contribution in [2.45, 2.75) is 51.1 Å². The van der Waals surface area contributed by atoms with Gasteiger partial charge in [-0.15, -0.1) is 0 Å². The van der Waals surface area contributed by atoms with E-state index in [4.69, 9.17) is 0 Å². The topological polar surface area (TPSA) is 46.9 Å². The van der Waals surface area contributed by atoms with E-state index in [2.05, 4.69) is 52.3 Å². The van der Waals surface area contributed by atoms with Crippen LogP contribution in [-0.4, -0.2) is 21.5 Å². The number of benzene rings is 1. The van der Waals surface area contributed by atoms with Gasteiger partial charge < -0.3 is 9.88 Å². The van der Waals surface area contributed by atoms with Crippen molar-refractivity contribution >= 4 is 16.8 Å². The van der Waals surface area contributed by atoms with Gasteiger partial charge in [-0.2, -0.15) is 0 Å². The molecule has 1 aromatic carbocycles. The lowest BCUT2D eigenvalue weighted by atomic mass is 9.90. The average molecular weight is 347 g/mol. The first kappa shape index (κ1) is 16.8. The number of hydrogen-bond acceptors (Lipinski definition) is 2. The van der Waals surface area contributed by atoms with Crippen LogP contribution in [0.25, 0.3) is 10.9 Å². The molecule has 4 nitrogen and oxygen atoms in total. The van der Waals surface area contributed by atoms with Crippen LogP contribution in [0, 0.1) is 6.92 Å². The van der Waals surface area contributed by atoms with Gasteiger partial charge in [-0.1, -0.05) is 24.3 Å². The lowest BCUT2D eigenvalue weighted by Gasteiger charge is -2.31. The minimum absolute atomic E-state index is 0.101. The normalized spacial score (nSPS) is 20.2. The van der Waals surface area contributed by atoms with E-state index in [1.165, 1.54) is 16.5 Å². The number of hydrogen-bond donors (Lipinski definition) is 1. The van der Waals surface area contributed by atoms with Gasteiger partial charge in [-0.25, -0.2) is 0 Å². The molecule has 1 amide bonds. The Kier molecular flexibility index (Phi) is 4.74. The van der Waals surface area contributed by atoms with Crippen LogP contribution in [0.5, 0.6) is 0 Å². The highest BCUT2D eigenvalue weighted by atomic mass is 16.1. The molecular formula is C22H25N3O. The molecule has 0 radical (unpaired) electrons. The molecule has 0 atom stereocenters. The summed E-state index contributed by atoms with van der Waals surface area (Å²) in [4.78, 5) is 16.3. The Bertz CT molecular complexity index is 892. The number of fused-ring (bicyclic) bond motifs is 1. The Hall–Kier alpha value is -2.62. The molecule has 0 spiro atoms. The second-order valence-electron chi connectivity index (χ2n) is 7.35. The first-order chi connectivity index (χ1) is 12.7. The van der Waals surface area contributed by atoms with Crippen LogP contribution >= 0.6 is 0 Å². The van der Waals surface area contributed by atoms with Gasteiger partial charge in [0.25, 0.3) is 0 Å². The van der Waals surface area contributed by atoms with Crippen LogP contribution in [0.15, 0.2) is 55.0 Å². The van der Waals surface area contributed by atoms with Crippen molar-refractivity contribution in [3.05, 3.63) is 66.1 Å². The number of carbonyl (C=O) groups excluding carboxylic acids is 1. The SMILES string of the molecule is Cc1cccc2ccn(C3CCC(NC(=O)Cc4cccnc4)CC3)c12. The molecule has 4 rings (SSSR count). The highest BCUT2D eigenvalue weighted by Crippen LogP contribution is 2.33. The van der Waals surface area contributed by atoms with Crippen LogP contribution in [0.4, 0.5) is 0 Å². The van der Waals surface area contributed by atoms with E-state index in [1.54, 1.807) is 12.4 Å². The lowest BCUT2D eigenvalue weighted by Crippen LogP contribution is -2.38. The Morgan fingerprint density at radius 2 is 2.00 bits per heavy atom. The zero-order valence-corrected chi connectivity index (χ0v) is 15.2. The largest absolute Gasteiger partial charge is 0.353 e. The van der Waals surface area contributed by atoms with Gasteiger partial charge in [-0.3, -0.25) is 9.78 Å². The summed E-state index contributed by atoms with van der Waals surface area (Å²) in [5, 5.41) is 4.52. The Labute approximate surface area is 154 Å². The summed E-state index contributed by atoms with van der Waals surface area (Å²) >= 11 is 0. The molecule has 1 aliphatic rings. The second kappa shape index (κ2) is 7.32. The average Bonchev–Trinajstić information content (AvgIpc) is 3.09. The van der Waals surface area contributed by atoms with E-state index >= 15 is 0 Å². The third-order valence-corrected chi connectivity index (χ3v) is 5.48. The molecule has 3 aromatic rings. The summed E-state index contributed by atoms with van der Waals surface area (Å²) < 4.78 is 2.44. The monoisotopic (exact) mass is 347 g/mol. The summed E-state index contributed by atoms with van der Waals surface area (Å²) in [5.74, 6) is 0.101. The van der Waals surface area contributed by atoms with Gasteiger partial charge >= 0.3 is 0 Å². The molecule has 1 N–H and O–H groups in total. The van der Waals surface area contributed by atoms with Gasteiger partial charge in [0, 0.05) is 30.7 Å². The summed E-state index contributed by atoms with van der Waals surface area (Å²) in [6.07, 6.45) is 10.4. The smallest absolute Gasteiger partial charge is 0.224 e. The van der Waals surface area contributed by atoms with Crippen molar-refractivity contribution in [1.82, 2.24) is 14.9 Å². The number of aromatic nitrogens is 2. The minimum Gasteiger partial charge on any atom is -0.353 e. The van der Waals surface area contributed by atoms with Crippen molar-refractivity contribution in [3.63, 3.8) is 0 Å². The molecule has 0 aliphatic heterocycles. The molecule has 0 bridgehead atoms. The fraction of sp³-hybridized carbons (Fsp3) is 0.364. The first-order valence-corrected chi connectivity index (χ1v) is 9.45. The van der Waals surface area contributed by atoms with E-state index in [-0.39, 0.29) is 5.91 Å². The van der Waals surface area contributed by atoms with Gasteiger partial charge in [-0.05, 0) is 61.3 Å². The summed E-state index contributed by atoms with van der Waals surface area (Å²) in [7, 11) is 0. The highest BCUT2D eigenvalue weighted by Gasteiger charge is 2.24. The molecule has 134 valence electrons. The summed E-state index contributed by atoms with van der Waals surface area (Å²) in [6.45, 7) is 2.18. The molecule has 1 fully saturated rings. The molecule has 26 heavy (non-hydrogen) atoms. The number of pyridine rings is 1.